The van der Waals surface area contributed by atoms with E-state index in [0.717, 1.165) is 12.8 Å². The molecular weight excluding hydrogens is 328 g/mol. The molecule has 0 radical (unpaired) electrons. The molecule has 0 spiro atoms. The molecule has 3 nitrogen and oxygen atoms in total. The predicted octanol–water partition coefficient (Wildman–Crippen LogP) is 5.68. The van der Waals surface area contributed by atoms with Crippen LogP contribution in [0.4, 0.5) is 0 Å². The van der Waals surface area contributed by atoms with Crippen LogP contribution in [0, 0.1) is 5.92 Å². The second-order valence-electron chi connectivity index (χ2n) is 8.39. The molecule has 0 aromatic heterocycles. The number of aryl methyl sites for hydroxylation is 1. The molecule has 0 heterocycles. The fourth-order valence-electron chi connectivity index (χ4n) is 2.48. The number of benzene rings is 1. The van der Waals surface area contributed by atoms with Gasteiger partial charge in [0.2, 0.25) is 0 Å². The summed E-state index contributed by atoms with van der Waals surface area (Å²) in [4.78, 5) is 10.8. The topological polar surface area (TPSA) is 46.5 Å². The Labute approximate surface area is 154 Å². The Balaban J connectivity index is 2.79. The summed E-state index contributed by atoms with van der Waals surface area (Å²) in [6.07, 6.45) is 5.71. The Morgan fingerprint density at radius 2 is 1.84 bits per heavy atom. The molecule has 0 fully saturated rings. The van der Waals surface area contributed by atoms with Crippen molar-refractivity contribution < 1.29 is 14.3 Å². The summed E-state index contributed by atoms with van der Waals surface area (Å²) >= 11 is 0. The summed E-state index contributed by atoms with van der Waals surface area (Å²) in [6.45, 7) is 13.4. The van der Waals surface area contributed by atoms with Crippen LogP contribution in [-0.4, -0.2) is 25.5 Å². The standard InChI is InChI=1S/C21H34O3Si/c1-17(15-16-18-11-8-7-9-12-18)19(13-10-14-20(22)23)24-25(5,6)21(2,3)4/h7-12,14,17,19H,13,15-16H2,1-6H3,(H,22,23)/b14-10+/t17-,19+/m1/s1. The third-order valence-corrected chi connectivity index (χ3v) is 9.75. The van der Waals surface area contributed by atoms with Crippen molar-refractivity contribution in [1.82, 2.24) is 0 Å². The number of hydrogen-bond acceptors (Lipinski definition) is 2. The van der Waals surface area contributed by atoms with Crippen LogP contribution in [0.25, 0.3) is 0 Å². The van der Waals surface area contributed by atoms with E-state index in [1.807, 2.05) is 6.07 Å². The van der Waals surface area contributed by atoms with Gasteiger partial charge in [0.05, 0.1) is 6.10 Å². The summed E-state index contributed by atoms with van der Waals surface area (Å²) in [5, 5.41) is 9.00. The highest BCUT2D eigenvalue weighted by atomic mass is 28.4. The van der Waals surface area contributed by atoms with Crippen LogP contribution < -0.4 is 0 Å². The third-order valence-electron chi connectivity index (χ3n) is 5.25. The van der Waals surface area contributed by atoms with E-state index in [0.29, 0.717) is 12.3 Å². The summed E-state index contributed by atoms with van der Waals surface area (Å²) in [7, 11) is -1.90. The smallest absolute Gasteiger partial charge is 0.327 e. The van der Waals surface area contributed by atoms with Gasteiger partial charge in [0, 0.05) is 6.08 Å². The van der Waals surface area contributed by atoms with Crippen LogP contribution in [0.2, 0.25) is 18.1 Å². The molecule has 1 N–H and O–H groups in total. The fourth-order valence-corrected chi connectivity index (χ4v) is 3.92. The molecule has 25 heavy (non-hydrogen) atoms. The maximum Gasteiger partial charge on any atom is 0.327 e. The SMILES string of the molecule is C[C@H](CCc1ccccc1)[C@H](C/C=C/C(=O)O)O[Si](C)(C)C(C)(C)C. The van der Waals surface area contributed by atoms with Crippen LogP contribution in [0.5, 0.6) is 0 Å². The van der Waals surface area contributed by atoms with Crippen molar-refractivity contribution in [3.8, 4) is 0 Å². The van der Waals surface area contributed by atoms with E-state index in [-0.39, 0.29) is 11.1 Å². The molecular formula is C21H34O3Si. The zero-order valence-corrected chi connectivity index (χ0v) is 17.6. The van der Waals surface area contributed by atoms with E-state index in [4.69, 9.17) is 9.53 Å². The first-order valence-electron chi connectivity index (χ1n) is 9.14. The normalized spacial score (nSPS) is 15.3. The average Bonchev–Trinajstić information content (AvgIpc) is 2.51. The fraction of sp³-hybridized carbons (Fsp3) is 0.571. The van der Waals surface area contributed by atoms with E-state index in [2.05, 4.69) is 65.1 Å². The molecule has 0 unspecified atom stereocenters. The van der Waals surface area contributed by atoms with Crippen molar-refractivity contribution in [1.29, 1.82) is 0 Å². The molecule has 0 saturated heterocycles. The molecule has 0 aliphatic carbocycles. The zero-order chi connectivity index (χ0) is 19.1. The largest absolute Gasteiger partial charge is 0.478 e. The predicted molar refractivity (Wildman–Crippen MR) is 107 cm³/mol. The Kier molecular flexibility index (Phi) is 8.09. The van der Waals surface area contributed by atoms with Crippen LogP contribution in [0.3, 0.4) is 0 Å². The first kappa shape index (κ1) is 21.6. The molecule has 2 atom stereocenters. The minimum Gasteiger partial charge on any atom is -0.478 e. The molecule has 0 amide bonds. The minimum absolute atomic E-state index is 0.0557. The maximum absolute atomic E-state index is 10.8. The van der Waals surface area contributed by atoms with Gasteiger partial charge in [-0.1, -0.05) is 64.1 Å². The number of carboxylic acids is 1. The lowest BCUT2D eigenvalue weighted by atomic mass is 9.94. The van der Waals surface area contributed by atoms with Gasteiger partial charge < -0.3 is 9.53 Å². The molecule has 140 valence electrons. The van der Waals surface area contributed by atoms with Crippen molar-refractivity contribution in [2.75, 3.05) is 0 Å². The van der Waals surface area contributed by atoms with E-state index in [1.54, 1.807) is 6.08 Å². The Morgan fingerprint density at radius 1 is 1.24 bits per heavy atom. The van der Waals surface area contributed by atoms with Crippen LogP contribution >= 0.6 is 0 Å². The molecule has 1 aromatic carbocycles. The van der Waals surface area contributed by atoms with Gasteiger partial charge in [-0.3, -0.25) is 0 Å². The van der Waals surface area contributed by atoms with Gasteiger partial charge in [0.15, 0.2) is 8.32 Å². The van der Waals surface area contributed by atoms with E-state index >= 15 is 0 Å². The van der Waals surface area contributed by atoms with Gasteiger partial charge in [-0.2, -0.15) is 0 Å². The molecule has 0 aliphatic rings. The van der Waals surface area contributed by atoms with Gasteiger partial charge in [0.25, 0.3) is 0 Å². The number of aliphatic carboxylic acids is 1. The highest BCUT2D eigenvalue weighted by Crippen LogP contribution is 2.39. The molecule has 1 rings (SSSR count). The number of carboxylic acid groups (broad SMARTS) is 1. The summed E-state index contributed by atoms with van der Waals surface area (Å²) < 4.78 is 6.63. The summed E-state index contributed by atoms with van der Waals surface area (Å²) in [5.74, 6) is -0.532. The molecule has 4 heteroatoms. The monoisotopic (exact) mass is 362 g/mol. The van der Waals surface area contributed by atoms with Gasteiger partial charge in [-0.15, -0.1) is 0 Å². The lowest BCUT2D eigenvalue weighted by Gasteiger charge is -2.41. The van der Waals surface area contributed by atoms with Gasteiger partial charge in [-0.05, 0) is 48.9 Å². The van der Waals surface area contributed by atoms with E-state index in [9.17, 15) is 4.79 Å². The molecule has 1 aromatic rings. The summed E-state index contributed by atoms with van der Waals surface area (Å²) in [6, 6.07) is 10.5. The van der Waals surface area contributed by atoms with Crippen LogP contribution in [0.1, 0.15) is 46.1 Å². The molecule has 0 bridgehead atoms. The number of carbonyl (C=O) groups is 1. The highest BCUT2D eigenvalue weighted by Gasteiger charge is 2.39. The minimum atomic E-state index is -1.90. The van der Waals surface area contributed by atoms with Gasteiger partial charge >= 0.3 is 5.97 Å². The lowest BCUT2D eigenvalue weighted by molar-refractivity contribution is -0.131. The first-order valence-corrected chi connectivity index (χ1v) is 12.0. The zero-order valence-electron chi connectivity index (χ0n) is 16.6. The summed E-state index contributed by atoms with van der Waals surface area (Å²) in [5.41, 5.74) is 1.33. The van der Waals surface area contributed by atoms with Crippen molar-refractivity contribution in [2.45, 2.75) is 71.2 Å². The van der Waals surface area contributed by atoms with Crippen molar-refractivity contribution in [2.24, 2.45) is 5.92 Å². The second kappa shape index (κ2) is 9.34. The van der Waals surface area contributed by atoms with E-state index in [1.165, 1.54) is 11.6 Å². The van der Waals surface area contributed by atoms with Crippen LogP contribution in [0.15, 0.2) is 42.5 Å². The van der Waals surface area contributed by atoms with E-state index < -0.39 is 14.3 Å². The van der Waals surface area contributed by atoms with Crippen molar-refractivity contribution in [3.63, 3.8) is 0 Å². The first-order chi connectivity index (χ1) is 11.5. The Morgan fingerprint density at radius 3 is 2.36 bits per heavy atom. The van der Waals surface area contributed by atoms with Crippen LogP contribution in [-0.2, 0) is 15.6 Å². The van der Waals surface area contributed by atoms with Gasteiger partial charge in [0.1, 0.15) is 0 Å². The number of hydrogen-bond donors (Lipinski definition) is 1. The third kappa shape index (κ3) is 7.57. The average molecular weight is 363 g/mol. The molecule has 0 aliphatic heterocycles. The quantitative estimate of drug-likeness (QED) is 0.454. The van der Waals surface area contributed by atoms with Gasteiger partial charge in [-0.25, -0.2) is 4.79 Å². The highest BCUT2D eigenvalue weighted by molar-refractivity contribution is 6.74. The Bertz CT molecular complexity index is 558. The number of rotatable bonds is 9. The maximum atomic E-state index is 10.8. The van der Waals surface area contributed by atoms with Crippen molar-refractivity contribution >= 4 is 14.3 Å². The van der Waals surface area contributed by atoms with Crippen molar-refractivity contribution in [3.05, 3.63) is 48.0 Å². The molecule has 0 saturated carbocycles. The second-order valence-corrected chi connectivity index (χ2v) is 13.2. The lowest BCUT2D eigenvalue weighted by Crippen LogP contribution is -2.45. The Hall–Kier alpha value is -1.39.